The van der Waals surface area contributed by atoms with Crippen molar-refractivity contribution in [3.63, 3.8) is 0 Å². The van der Waals surface area contributed by atoms with E-state index in [0.29, 0.717) is 18.4 Å². The van der Waals surface area contributed by atoms with Crippen LogP contribution in [-0.4, -0.2) is 22.8 Å². The lowest BCUT2D eigenvalue weighted by Gasteiger charge is -2.03. The highest BCUT2D eigenvalue weighted by Gasteiger charge is 2.29. The Hall–Kier alpha value is -2.04. The molecule has 3 rings (SSSR count). The normalized spacial score (nSPS) is 17.6. The molecule has 0 saturated heterocycles. The van der Waals surface area contributed by atoms with Crippen molar-refractivity contribution in [1.29, 1.82) is 0 Å². The molecule has 1 atom stereocenters. The Labute approximate surface area is 105 Å². The van der Waals surface area contributed by atoms with Crippen molar-refractivity contribution in [3.8, 4) is 5.75 Å². The van der Waals surface area contributed by atoms with Crippen LogP contribution in [0.4, 0.5) is 6.01 Å². The number of nitrogens with one attached hydrogen (secondary N) is 1. The third-order valence-electron chi connectivity index (χ3n) is 2.87. The Morgan fingerprint density at radius 2 is 2.17 bits per heavy atom. The van der Waals surface area contributed by atoms with E-state index in [1.54, 1.807) is 0 Å². The number of anilines is 1. The van der Waals surface area contributed by atoms with Crippen LogP contribution in [0.2, 0.25) is 0 Å². The van der Waals surface area contributed by atoms with Crippen molar-refractivity contribution >= 4 is 6.01 Å². The van der Waals surface area contributed by atoms with Gasteiger partial charge in [0, 0.05) is 11.6 Å². The van der Waals surface area contributed by atoms with Crippen LogP contribution < -0.4 is 10.1 Å². The third kappa shape index (κ3) is 1.92. The van der Waals surface area contributed by atoms with E-state index in [0.717, 1.165) is 11.3 Å². The monoisotopic (exact) mass is 245 g/mol. The van der Waals surface area contributed by atoms with Crippen molar-refractivity contribution in [2.45, 2.75) is 25.8 Å². The van der Waals surface area contributed by atoms with Crippen LogP contribution in [0, 0.1) is 0 Å². The predicted molar refractivity (Wildman–Crippen MR) is 66.8 cm³/mol. The lowest BCUT2D eigenvalue weighted by atomic mass is 10.0. The fraction of sp³-hybridized carbons (Fsp3) is 0.385. The first kappa shape index (κ1) is 11.1. The molecule has 0 radical (unpaired) electrons. The van der Waals surface area contributed by atoms with Crippen molar-refractivity contribution in [2.75, 3.05) is 11.9 Å². The SMILES string of the molecule is CC(C)Nc1nc(C2COc3ccccc32)no1. The van der Waals surface area contributed by atoms with Crippen LogP contribution in [0.5, 0.6) is 5.75 Å². The molecule has 0 amide bonds. The average Bonchev–Trinajstić information content (AvgIpc) is 2.94. The Balaban J connectivity index is 1.86. The van der Waals surface area contributed by atoms with E-state index >= 15 is 0 Å². The van der Waals surface area contributed by atoms with Gasteiger partial charge in [-0.15, -0.1) is 0 Å². The molecule has 0 spiro atoms. The van der Waals surface area contributed by atoms with Gasteiger partial charge in [0.1, 0.15) is 12.4 Å². The molecule has 5 heteroatoms. The summed E-state index contributed by atoms with van der Waals surface area (Å²) in [6.45, 7) is 4.62. The van der Waals surface area contributed by atoms with Crippen molar-refractivity contribution in [2.24, 2.45) is 0 Å². The van der Waals surface area contributed by atoms with Crippen LogP contribution in [0.3, 0.4) is 0 Å². The molecule has 1 aliphatic rings. The number of hydrogen-bond acceptors (Lipinski definition) is 5. The van der Waals surface area contributed by atoms with Gasteiger partial charge in [0.2, 0.25) is 0 Å². The molecule has 1 unspecified atom stereocenters. The summed E-state index contributed by atoms with van der Waals surface area (Å²) in [6.07, 6.45) is 0. The van der Waals surface area contributed by atoms with Gasteiger partial charge in [0.15, 0.2) is 5.82 Å². The van der Waals surface area contributed by atoms with Crippen LogP contribution in [0.1, 0.15) is 31.2 Å². The summed E-state index contributed by atoms with van der Waals surface area (Å²) in [6, 6.07) is 8.69. The van der Waals surface area contributed by atoms with Crippen LogP contribution >= 0.6 is 0 Å². The van der Waals surface area contributed by atoms with Gasteiger partial charge in [-0.1, -0.05) is 23.4 Å². The second kappa shape index (κ2) is 4.33. The maximum Gasteiger partial charge on any atom is 0.321 e. The van der Waals surface area contributed by atoms with Crippen molar-refractivity contribution in [3.05, 3.63) is 35.7 Å². The average molecular weight is 245 g/mol. The predicted octanol–water partition coefficient (Wildman–Crippen LogP) is 2.41. The minimum absolute atomic E-state index is 0.0627. The number of rotatable bonds is 3. The second-order valence-electron chi connectivity index (χ2n) is 4.66. The van der Waals surface area contributed by atoms with Crippen LogP contribution in [0.15, 0.2) is 28.8 Å². The molecule has 2 aromatic rings. The van der Waals surface area contributed by atoms with Crippen molar-refractivity contribution < 1.29 is 9.26 Å². The lowest BCUT2D eigenvalue weighted by molar-refractivity contribution is 0.334. The summed E-state index contributed by atoms with van der Waals surface area (Å²) >= 11 is 0. The van der Waals surface area contributed by atoms with Crippen LogP contribution in [-0.2, 0) is 0 Å². The number of fused-ring (bicyclic) bond motifs is 1. The molecule has 1 aromatic carbocycles. The smallest absolute Gasteiger partial charge is 0.321 e. The van der Waals surface area contributed by atoms with E-state index in [1.807, 2.05) is 38.1 Å². The molecule has 0 fully saturated rings. The molecule has 18 heavy (non-hydrogen) atoms. The molecule has 0 bridgehead atoms. The molecule has 1 aromatic heterocycles. The van der Waals surface area contributed by atoms with Gasteiger partial charge < -0.3 is 14.6 Å². The summed E-state index contributed by atoms with van der Waals surface area (Å²) in [5, 5.41) is 7.11. The Morgan fingerprint density at radius 1 is 1.33 bits per heavy atom. The van der Waals surface area contributed by atoms with E-state index in [2.05, 4.69) is 15.5 Å². The fourth-order valence-corrected chi connectivity index (χ4v) is 2.06. The zero-order valence-electron chi connectivity index (χ0n) is 10.4. The molecule has 2 heterocycles. The zero-order valence-corrected chi connectivity index (χ0v) is 10.4. The van der Waals surface area contributed by atoms with E-state index in [-0.39, 0.29) is 12.0 Å². The topological polar surface area (TPSA) is 60.2 Å². The summed E-state index contributed by atoms with van der Waals surface area (Å²) in [4.78, 5) is 4.36. The number of ether oxygens (including phenoxy) is 1. The minimum Gasteiger partial charge on any atom is -0.492 e. The maximum absolute atomic E-state index is 5.61. The van der Waals surface area contributed by atoms with Gasteiger partial charge in [0.25, 0.3) is 0 Å². The molecule has 1 N–H and O–H groups in total. The molecule has 1 aliphatic heterocycles. The van der Waals surface area contributed by atoms with Gasteiger partial charge >= 0.3 is 6.01 Å². The highest BCUT2D eigenvalue weighted by Crippen LogP contribution is 2.36. The summed E-state index contributed by atoms with van der Waals surface area (Å²) in [7, 11) is 0. The minimum atomic E-state index is 0.0627. The summed E-state index contributed by atoms with van der Waals surface area (Å²) in [5.41, 5.74) is 1.12. The first-order valence-electron chi connectivity index (χ1n) is 6.06. The van der Waals surface area contributed by atoms with Gasteiger partial charge in [-0.25, -0.2) is 0 Å². The molecule has 0 aliphatic carbocycles. The number of hydrogen-bond donors (Lipinski definition) is 1. The maximum atomic E-state index is 5.61. The Morgan fingerprint density at radius 3 is 3.00 bits per heavy atom. The van der Waals surface area contributed by atoms with E-state index in [1.165, 1.54) is 0 Å². The largest absolute Gasteiger partial charge is 0.492 e. The molecular weight excluding hydrogens is 230 g/mol. The highest BCUT2D eigenvalue weighted by molar-refractivity contribution is 5.43. The summed E-state index contributed by atoms with van der Waals surface area (Å²) < 4.78 is 10.8. The quantitative estimate of drug-likeness (QED) is 0.899. The number of aromatic nitrogens is 2. The highest BCUT2D eigenvalue weighted by atomic mass is 16.5. The lowest BCUT2D eigenvalue weighted by Crippen LogP contribution is -2.10. The van der Waals surface area contributed by atoms with Crippen molar-refractivity contribution in [1.82, 2.24) is 10.1 Å². The molecule has 5 nitrogen and oxygen atoms in total. The van der Waals surface area contributed by atoms with Gasteiger partial charge in [-0.05, 0) is 19.9 Å². The second-order valence-corrected chi connectivity index (χ2v) is 4.66. The number of para-hydroxylation sites is 1. The van der Waals surface area contributed by atoms with Crippen LogP contribution in [0.25, 0.3) is 0 Å². The number of nitrogens with zero attached hydrogens (tertiary/aromatic N) is 2. The zero-order chi connectivity index (χ0) is 12.5. The Kier molecular flexibility index (Phi) is 2.66. The van der Waals surface area contributed by atoms with Gasteiger partial charge in [-0.3, -0.25) is 0 Å². The van der Waals surface area contributed by atoms with E-state index in [4.69, 9.17) is 9.26 Å². The standard InChI is InChI=1S/C13H15N3O2/c1-8(2)14-13-15-12(16-18-13)10-7-17-11-6-4-3-5-9(10)11/h3-6,8,10H,7H2,1-2H3,(H,14,15,16). The first-order valence-corrected chi connectivity index (χ1v) is 6.06. The van der Waals surface area contributed by atoms with Gasteiger partial charge in [-0.2, -0.15) is 4.98 Å². The third-order valence-corrected chi connectivity index (χ3v) is 2.87. The number of benzene rings is 1. The molecule has 94 valence electrons. The molecular formula is C13H15N3O2. The van der Waals surface area contributed by atoms with Gasteiger partial charge in [0.05, 0.1) is 5.92 Å². The fourth-order valence-electron chi connectivity index (χ4n) is 2.06. The van der Waals surface area contributed by atoms with E-state index < -0.39 is 0 Å². The first-order chi connectivity index (χ1) is 8.74. The molecule has 0 saturated carbocycles. The summed E-state index contributed by atoms with van der Waals surface area (Å²) in [5.74, 6) is 1.64. The Bertz CT molecular complexity index is 551. The van der Waals surface area contributed by atoms with E-state index in [9.17, 15) is 0 Å².